The maximum absolute atomic E-state index is 13.1. The lowest BCUT2D eigenvalue weighted by atomic mass is 9.96. The lowest BCUT2D eigenvalue weighted by molar-refractivity contribution is -0.146. The van der Waals surface area contributed by atoms with Crippen LogP contribution >= 0.6 is 0 Å². The number of hydrogen-bond acceptors (Lipinski definition) is 4. The summed E-state index contributed by atoms with van der Waals surface area (Å²) in [6, 6.07) is 4.72. The Balaban J connectivity index is 1.53. The molecule has 0 radical (unpaired) electrons. The largest absolute Gasteiger partial charge is 0.481 e. The average molecular weight is 405 g/mol. The van der Waals surface area contributed by atoms with Gasteiger partial charge in [0.15, 0.2) is 0 Å². The summed E-state index contributed by atoms with van der Waals surface area (Å²) in [7, 11) is 0. The minimum absolute atomic E-state index is 0.0220. The first-order valence-electron chi connectivity index (χ1n) is 9.64. The van der Waals surface area contributed by atoms with Crippen molar-refractivity contribution in [2.45, 2.75) is 32.2 Å². The molecule has 2 aliphatic heterocycles. The van der Waals surface area contributed by atoms with E-state index in [4.69, 9.17) is 5.11 Å². The van der Waals surface area contributed by atoms with Crippen molar-refractivity contribution in [1.82, 2.24) is 10.2 Å². The van der Waals surface area contributed by atoms with Gasteiger partial charge < -0.3 is 20.2 Å². The Morgan fingerprint density at radius 1 is 1.14 bits per heavy atom. The summed E-state index contributed by atoms with van der Waals surface area (Å²) in [6.45, 7) is 2.44. The van der Waals surface area contributed by atoms with Crippen LogP contribution in [0, 0.1) is 17.7 Å². The van der Waals surface area contributed by atoms with Crippen molar-refractivity contribution in [3.05, 3.63) is 30.1 Å². The molecule has 0 aliphatic carbocycles. The molecule has 29 heavy (non-hydrogen) atoms. The van der Waals surface area contributed by atoms with Gasteiger partial charge in [-0.15, -0.1) is 0 Å². The zero-order chi connectivity index (χ0) is 21.1. The van der Waals surface area contributed by atoms with Gasteiger partial charge in [-0.05, 0) is 44.0 Å². The number of halogens is 1. The molecule has 3 amide bonds. The molecule has 1 aromatic carbocycles. The number of rotatable bonds is 5. The van der Waals surface area contributed by atoms with Crippen LogP contribution in [0.3, 0.4) is 0 Å². The number of anilines is 1. The Morgan fingerprint density at radius 3 is 2.34 bits per heavy atom. The summed E-state index contributed by atoms with van der Waals surface area (Å²) in [5.41, 5.74) is 0.525. The Kier molecular flexibility index (Phi) is 6.14. The summed E-state index contributed by atoms with van der Waals surface area (Å²) in [5.74, 6) is -3.17. The number of amides is 3. The van der Waals surface area contributed by atoms with Gasteiger partial charge in [-0.25, -0.2) is 4.39 Å². The predicted octanol–water partition coefficient (Wildman–Crippen LogP) is 1.01. The Hall–Kier alpha value is -2.97. The number of carbonyl (C=O) groups excluding carboxylic acids is 3. The summed E-state index contributed by atoms with van der Waals surface area (Å²) < 4.78 is 13.1. The number of nitrogens with one attached hydrogen (secondary N) is 1. The zero-order valence-corrected chi connectivity index (χ0v) is 16.1. The van der Waals surface area contributed by atoms with Crippen molar-refractivity contribution in [2.24, 2.45) is 11.8 Å². The number of nitrogens with zero attached hydrogens (tertiary/aromatic N) is 2. The van der Waals surface area contributed by atoms with Crippen LogP contribution in [-0.2, 0) is 19.2 Å². The lowest BCUT2D eigenvalue weighted by Gasteiger charge is -2.32. The number of benzene rings is 1. The highest BCUT2D eigenvalue weighted by Crippen LogP contribution is 2.25. The number of hydrogen-bond donors (Lipinski definition) is 2. The first kappa shape index (κ1) is 20.8. The lowest BCUT2D eigenvalue weighted by Crippen LogP contribution is -2.51. The molecule has 0 aromatic heterocycles. The highest BCUT2D eigenvalue weighted by molar-refractivity contribution is 6.01. The molecule has 2 saturated heterocycles. The number of carbonyl (C=O) groups is 4. The molecule has 0 spiro atoms. The third kappa shape index (κ3) is 4.72. The Bertz CT molecular complexity index is 805. The number of aliphatic carboxylic acids is 1. The van der Waals surface area contributed by atoms with Crippen LogP contribution in [-0.4, -0.2) is 59.4 Å². The average Bonchev–Trinajstić information content (AvgIpc) is 3.10. The van der Waals surface area contributed by atoms with E-state index in [9.17, 15) is 23.6 Å². The number of carboxylic acids is 1. The summed E-state index contributed by atoms with van der Waals surface area (Å²) >= 11 is 0. The van der Waals surface area contributed by atoms with Gasteiger partial charge in [0.1, 0.15) is 11.9 Å². The van der Waals surface area contributed by atoms with Gasteiger partial charge in [0.05, 0.1) is 11.8 Å². The van der Waals surface area contributed by atoms with E-state index in [1.165, 1.54) is 29.2 Å². The second-order valence-corrected chi connectivity index (χ2v) is 7.55. The van der Waals surface area contributed by atoms with Crippen LogP contribution in [0.1, 0.15) is 26.2 Å². The van der Waals surface area contributed by atoms with Gasteiger partial charge in [-0.3, -0.25) is 19.2 Å². The highest BCUT2D eigenvalue weighted by Gasteiger charge is 2.37. The van der Waals surface area contributed by atoms with Gasteiger partial charge in [0, 0.05) is 31.7 Å². The van der Waals surface area contributed by atoms with E-state index in [1.807, 2.05) is 0 Å². The molecule has 2 atom stereocenters. The summed E-state index contributed by atoms with van der Waals surface area (Å²) in [4.78, 5) is 51.4. The molecule has 2 heterocycles. The monoisotopic (exact) mass is 405 g/mol. The normalized spacial score (nSPS) is 21.2. The molecule has 156 valence electrons. The smallest absolute Gasteiger partial charge is 0.306 e. The highest BCUT2D eigenvalue weighted by atomic mass is 19.1. The Labute approximate surface area is 167 Å². The van der Waals surface area contributed by atoms with Crippen molar-refractivity contribution in [3.63, 3.8) is 0 Å². The maximum atomic E-state index is 13.1. The van der Waals surface area contributed by atoms with Gasteiger partial charge >= 0.3 is 5.97 Å². The quantitative estimate of drug-likeness (QED) is 0.760. The standard InChI is InChI=1S/C20H24FN3O5/c1-12(19(27)23-8-6-13(7-9-23)20(28)29)22-18(26)14-10-17(25)24(11-14)16-4-2-15(21)3-5-16/h2-5,12-14H,6-11H2,1H3,(H,22,26)(H,28,29)/t12-,14?/m1/s1. The van der Waals surface area contributed by atoms with E-state index < -0.39 is 29.7 Å². The van der Waals surface area contributed by atoms with Crippen molar-refractivity contribution in [3.8, 4) is 0 Å². The van der Waals surface area contributed by atoms with Crippen LogP contribution in [0.25, 0.3) is 0 Å². The fourth-order valence-corrected chi connectivity index (χ4v) is 3.77. The van der Waals surface area contributed by atoms with Crippen LogP contribution < -0.4 is 10.2 Å². The molecular formula is C20H24FN3O5. The zero-order valence-electron chi connectivity index (χ0n) is 16.1. The number of likely N-dealkylation sites (tertiary alicyclic amines) is 1. The molecule has 2 aliphatic rings. The van der Waals surface area contributed by atoms with Crippen molar-refractivity contribution >= 4 is 29.4 Å². The molecule has 2 N–H and O–H groups in total. The van der Waals surface area contributed by atoms with Crippen molar-refractivity contribution < 1.29 is 28.7 Å². The maximum Gasteiger partial charge on any atom is 0.306 e. The van der Waals surface area contributed by atoms with E-state index in [1.54, 1.807) is 11.8 Å². The molecule has 3 rings (SSSR count). The fourth-order valence-electron chi connectivity index (χ4n) is 3.77. The van der Waals surface area contributed by atoms with E-state index in [0.29, 0.717) is 31.6 Å². The minimum Gasteiger partial charge on any atom is -0.481 e. The Morgan fingerprint density at radius 2 is 1.76 bits per heavy atom. The second-order valence-electron chi connectivity index (χ2n) is 7.55. The minimum atomic E-state index is -0.852. The van der Waals surface area contributed by atoms with Crippen LogP contribution in [0.4, 0.5) is 10.1 Å². The van der Waals surface area contributed by atoms with Crippen LogP contribution in [0.2, 0.25) is 0 Å². The fraction of sp³-hybridized carbons (Fsp3) is 0.500. The van der Waals surface area contributed by atoms with Crippen molar-refractivity contribution in [1.29, 1.82) is 0 Å². The topological polar surface area (TPSA) is 107 Å². The van der Waals surface area contributed by atoms with Crippen LogP contribution in [0.5, 0.6) is 0 Å². The number of carboxylic acid groups (broad SMARTS) is 1. The van der Waals surface area contributed by atoms with Gasteiger partial charge in [-0.1, -0.05) is 0 Å². The summed E-state index contributed by atoms with van der Waals surface area (Å²) in [5, 5.41) is 11.7. The number of piperidine rings is 1. The first-order chi connectivity index (χ1) is 13.8. The molecule has 8 nitrogen and oxygen atoms in total. The molecule has 0 saturated carbocycles. The van der Waals surface area contributed by atoms with E-state index in [-0.39, 0.29) is 30.7 Å². The molecule has 1 unspecified atom stereocenters. The molecule has 9 heteroatoms. The third-order valence-corrected chi connectivity index (χ3v) is 5.52. The first-order valence-corrected chi connectivity index (χ1v) is 9.64. The van der Waals surface area contributed by atoms with Gasteiger partial charge in [0.2, 0.25) is 17.7 Å². The third-order valence-electron chi connectivity index (χ3n) is 5.52. The summed E-state index contributed by atoms with van der Waals surface area (Å²) in [6.07, 6.45) is 0.811. The molecular weight excluding hydrogens is 381 g/mol. The predicted molar refractivity (Wildman–Crippen MR) is 101 cm³/mol. The molecule has 1 aromatic rings. The van der Waals surface area contributed by atoms with Gasteiger partial charge in [-0.2, -0.15) is 0 Å². The van der Waals surface area contributed by atoms with Crippen molar-refractivity contribution in [2.75, 3.05) is 24.5 Å². The van der Waals surface area contributed by atoms with E-state index in [2.05, 4.69) is 5.32 Å². The SMILES string of the molecule is C[C@@H](NC(=O)C1CC(=O)N(c2ccc(F)cc2)C1)C(=O)N1CCC(C(=O)O)CC1. The van der Waals surface area contributed by atoms with E-state index in [0.717, 1.165) is 0 Å². The van der Waals surface area contributed by atoms with Crippen LogP contribution in [0.15, 0.2) is 24.3 Å². The molecule has 0 bridgehead atoms. The molecule has 2 fully saturated rings. The van der Waals surface area contributed by atoms with Gasteiger partial charge in [0.25, 0.3) is 0 Å². The second kappa shape index (κ2) is 8.59. The van der Waals surface area contributed by atoms with E-state index >= 15 is 0 Å².